The summed E-state index contributed by atoms with van der Waals surface area (Å²) in [6.45, 7) is 9.19. The fourth-order valence-corrected chi connectivity index (χ4v) is 3.12. The predicted octanol–water partition coefficient (Wildman–Crippen LogP) is 3.05. The zero-order chi connectivity index (χ0) is 14.3. The summed E-state index contributed by atoms with van der Waals surface area (Å²) in [6.07, 6.45) is 2.51. The van der Waals surface area contributed by atoms with Crippen molar-refractivity contribution in [1.82, 2.24) is 9.88 Å². The predicted molar refractivity (Wildman–Crippen MR) is 83.3 cm³/mol. The average Bonchev–Trinajstić information content (AvgIpc) is 2.92. The Bertz CT molecular complexity index is 709. The number of aromatic amines is 1. The molecule has 1 aliphatic heterocycles. The Kier molecular flexibility index (Phi) is 3.38. The van der Waals surface area contributed by atoms with E-state index in [0.717, 1.165) is 41.8 Å². The molecule has 0 aliphatic carbocycles. The second kappa shape index (κ2) is 5.06. The summed E-state index contributed by atoms with van der Waals surface area (Å²) >= 11 is 0. The van der Waals surface area contributed by atoms with Crippen LogP contribution >= 0.6 is 0 Å². The highest BCUT2D eigenvalue weighted by atomic mass is 16.1. The van der Waals surface area contributed by atoms with Crippen LogP contribution in [0.25, 0.3) is 10.9 Å². The number of benzene rings is 1. The minimum atomic E-state index is 0.200. The van der Waals surface area contributed by atoms with Crippen LogP contribution in [0.2, 0.25) is 0 Å². The molecule has 1 aromatic heterocycles. The van der Waals surface area contributed by atoms with Crippen molar-refractivity contribution >= 4 is 10.9 Å². The molecule has 3 rings (SSSR count). The van der Waals surface area contributed by atoms with Crippen LogP contribution in [-0.4, -0.2) is 23.0 Å². The maximum absolute atomic E-state index is 12.8. The molecule has 3 heteroatoms. The Morgan fingerprint density at radius 3 is 2.55 bits per heavy atom. The summed E-state index contributed by atoms with van der Waals surface area (Å²) < 4.78 is 0. The lowest BCUT2D eigenvalue weighted by Crippen LogP contribution is -2.25. The highest BCUT2D eigenvalue weighted by Gasteiger charge is 2.17. The Labute approximate surface area is 119 Å². The lowest BCUT2D eigenvalue weighted by Gasteiger charge is -2.17. The molecule has 0 bridgehead atoms. The van der Waals surface area contributed by atoms with Crippen molar-refractivity contribution in [1.29, 1.82) is 0 Å². The van der Waals surface area contributed by atoms with Crippen molar-refractivity contribution in [3.63, 3.8) is 0 Å². The largest absolute Gasteiger partial charge is 0.358 e. The second-order valence-corrected chi connectivity index (χ2v) is 5.97. The van der Waals surface area contributed by atoms with Crippen molar-refractivity contribution in [2.24, 2.45) is 0 Å². The van der Waals surface area contributed by atoms with Gasteiger partial charge in [-0.3, -0.25) is 9.69 Å². The summed E-state index contributed by atoms with van der Waals surface area (Å²) in [6, 6.07) is 4.01. The number of nitrogens with one attached hydrogen (secondary N) is 1. The molecule has 0 saturated carbocycles. The normalized spacial score (nSPS) is 16.1. The molecule has 3 nitrogen and oxygen atoms in total. The Morgan fingerprint density at radius 2 is 1.85 bits per heavy atom. The third-order valence-electron chi connectivity index (χ3n) is 4.60. The number of hydrogen-bond donors (Lipinski definition) is 1. The van der Waals surface area contributed by atoms with Gasteiger partial charge in [-0.25, -0.2) is 0 Å². The van der Waals surface area contributed by atoms with E-state index in [1.54, 1.807) is 0 Å². The van der Waals surface area contributed by atoms with E-state index < -0.39 is 0 Å². The number of rotatable bonds is 2. The molecular weight excluding hydrogens is 248 g/mol. The quantitative estimate of drug-likeness (QED) is 0.910. The van der Waals surface area contributed by atoms with Crippen LogP contribution in [-0.2, 0) is 6.54 Å². The minimum absolute atomic E-state index is 0.200. The number of H-pyrrole nitrogens is 1. The molecule has 2 aromatic rings. The molecule has 0 radical (unpaired) electrons. The monoisotopic (exact) mass is 270 g/mol. The van der Waals surface area contributed by atoms with Gasteiger partial charge >= 0.3 is 0 Å². The summed E-state index contributed by atoms with van der Waals surface area (Å²) in [5, 5.41) is 0.827. The molecule has 0 spiro atoms. The molecule has 1 saturated heterocycles. The van der Waals surface area contributed by atoms with Crippen molar-refractivity contribution in [2.45, 2.75) is 40.2 Å². The third kappa shape index (κ3) is 2.16. The van der Waals surface area contributed by atoms with Crippen LogP contribution in [0.5, 0.6) is 0 Å². The number of fused-ring (bicyclic) bond motifs is 1. The smallest absolute Gasteiger partial charge is 0.194 e. The molecule has 1 aromatic carbocycles. The van der Waals surface area contributed by atoms with Gasteiger partial charge in [0.15, 0.2) is 5.43 Å². The zero-order valence-electron chi connectivity index (χ0n) is 12.5. The fourth-order valence-electron chi connectivity index (χ4n) is 3.12. The van der Waals surface area contributed by atoms with Crippen LogP contribution in [0, 0.1) is 20.8 Å². The first-order chi connectivity index (χ1) is 9.58. The van der Waals surface area contributed by atoms with Gasteiger partial charge in [-0.2, -0.15) is 0 Å². The summed E-state index contributed by atoms with van der Waals surface area (Å²) in [7, 11) is 0. The number of hydrogen-bond acceptors (Lipinski definition) is 2. The molecule has 0 atom stereocenters. The molecule has 1 fully saturated rings. The number of likely N-dealkylation sites (tertiary alicyclic amines) is 1. The molecule has 20 heavy (non-hydrogen) atoms. The molecule has 0 amide bonds. The van der Waals surface area contributed by atoms with Crippen LogP contribution in [0.4, 0.5) is 0 Å². The average molecular weight is 270 g/mol. The first-order valence-electron chi connectivity index (χ1n) is 7.42. The van der Waals surface area contributed by atoms with Crippen LogP contribution in [0.3, 0.4) is 0 Å². The highest BCUT2D eigenvalue weighted by Crippen LogP contribution is 2.20. The van der Waals surface area contributed by atoms with Crippen molar-refractivity contribution < 1.29 is 0 Å². The van der Waals surface area contributed by atoms with E-state index in [0.29, 0.717) is 0 Å². The van der Waals surface area contributed by atoms with Crippen LogP contribution < -0.4 is 5.43 Å². The Hall–Kier alpha value is -1.61. The SMILES string of the molecule is Cc1ccc2c(=O)c(CN3CCCC3)c(C)[nH]c2c1C. The maximum Gasteiger partial charge on any atom is 0.194 e. The van der Waals surface area contributed by atoms with E-state index >= 15 is 0 Å². The van der Waals surface area contributed by atoms with Gasteiger partial charge in [-0.15, -0.1) is 0 Å². The summed E-state index contributed by atoms with van der Waals surface area (Å²) in [5.41, 5.74) is 5.55. The molecule has 1 N–H and O–H groups in total. The van der Waals surface area contributed by atoms with Gasteiger partial charge in [0.1, 0.15) is 0 Å². The zero-order valence-corrected chi connectivity index (χ0v) is 12.5. The molecular formula is C17H22N2O. The molecule has 106 valence electrons. The fraction of sp³-hybridized carbons (Fsp3) is 0.471. The Balaban J connectivity index is 2.14. The van der Waals surface area contributed by atoms with Crippen molar-refractivity contribution in [2.75, 3.05) is 13.1 Å². The van der Waals surface area contributed by atoms with E-state index in [9.17, 15) is 4.79 Å². The van der Waals surface area contributed by atoms with E-state index in [1.807, 2.05) is 19.1 Å². The third-order valence-corrected chi connectivity index (χ3v) is 4.60. The standard InChI is InChI=1S/C17H22N2O/c1-11-6-7-14-16(12(11)2)18-13(3)15(17(14)20)10-19-8-4-5-9-19/h6-7H,4-5,8-10H2,1-3H3,(H,18,20). The van der Waals surface area contributed by atoms with Gasteiger partial charge in [0.25, 0.3) is 0 Å². The van der Waals surface area contributed by atoms with Crippen molar-refractivity contribution in [3.05, 3.63) is 44.7 Å². The minimum Gasteiger partial charge on any atom is -0.358 e. The van der Waals surface area contributed by atoms with Gasteiger partial charge < -0.3 is 4.98 Å². The van der Waals surface area contributed by atoms with E-state index in [2.05, 4.69) is 23.7 Å². The number of aryl methyl sites for hydroxylation is 3. The summed E-state index contributed by atoms with van der Waals surface area (Å²) in [5.74, 6) is 0. The van der Waals surface area contributed by atoms with E-state index in [-0.39, 0.29) is 5.43 Å². The highest BCUT2D eigenvalue weighted by molar-refractivity contribution is 5.83. The lowest BCUT2D eigenvalue weighted by atomic mass is 10.0. The molecule has 0 unspecified atom stereocenters. The van der Waals surface area contributed by atoms with Gasteiger partial charge in [0, 0.05) is 23.2 Å². The van der Waals surface area contributed by atoms with Gasteiger partial charge in [0.2, 0.25) is 0 Å². The Morgan fingerprint density at radius 1 is 1.15 bits per heavy atom. The van der Waals surface area contributed by atoms with Crippen LogP contribution in [0.15, 0.2) is 16.9 Å². The number of aromatic nitrogens is 1. The van der Waals surface area contributed by atoms with E-state index in [4.69, 9.17) is 0 Å². The lowest BCUT2D eigenvalue weighted by molar-refractivity contribution is 0.329. The topological polar surface area (TPSA) is 36.1 Å². The molecule has 1 aliphatic rings. The van der Waals surface area contributed by atoms with Gasteiger partial charge in [-0.05, 0) is 63.9 Å². The maximum atomic E-state index is 12.8. The first-order valence-corrected chi connectivity index (χ1v) is 7.42. The van der Waals surface area contributed by atoms with Gasteiger partial charge in [-0.1, -0.05) is 6.07 Å². The van der Waals surface area contributed by atoms with Crippen LogP contribution in [0.1, 0.15) is 35.2 Å². The van der Waals surface area contributed by atoms with E-state index in [1.165, 1.54) is 24.0 Å². The van der Waals surface area contributed by atoms with Crippen molar-refractivity contribution in [3.8, 4) is 0 Å². The first kappa shape index (κ1) is 13.4. The number of pyridine rings is 1. The second-order valence-electron chi connectivity index (χ2n) is 5.97. The summed E-state index contributed by atoms with van der Waals surface area (Å²) in [4.78, 5) is 18.6. The molecule has 2 heterocycles. The van der Waals surface area contributed by atoms with Gasteiger partial charge in [0.05, 0.1) is 5.52 Å². The number of nitrogens with zero attached hydrogens (tertiary/aromatic N) is 1.